The average molecular weight is 290 g/mol. The molecule has 0 fully saturated rings. The Morgan fingerprint density at radius 2 is 1.06 bits per heavy atom. The van der Waals surface area contributed by atoms with Gasteiger partial charge in [-0.2, -0.15) is 0 Å². The summed E-state index contributed by atoms with van der Waals surface area (Å²) in [7, 11) is -6.84. The molecular weight excluding hydrogens is 272 g/mol. The number of sulfone groups is 2. The second-order valence-corrected chi connectivity index (χ2v) is 7.71. The molecule has 102 valence electrons. The summed E-state index contributed by atoms with van der Waals surface area (Å²) in [5, 5.41) is 1.72. The Kier molecular flexibility index (Phi) is 6.28. The van der Waals surface area contributed by atoms with Gasteiger partial charge < -0.3 is 0 Å². The summed E-state index contributed by atoms with van der Waals surface area (Å²) in [5.41, 5.74) is 0. The van der Waals surface area contributed by atoms with E-state index in [0.717, 1.165) is 10.8 Å². The van der Waals surface area contributed by atoms with Gasteiger partial charge in [0.05, 0.1) is 0 Å². The van der Waals surface area contributed by atoms with Crippen molar-refractivity contribution >= 4 is 19.7 Å². The molecule has 0 saturated carbocycles. The van der Waals surface area contributed by atoms with Crippen LogP contribution in [-0.4, -0.2) is 16.8 Å². The lowest BCUT2D eigenvalue weighted by atomic mass is 10.2. The van der Waals surface area contributed by atoms with E-state index in [9.17, 15) is 16.8 Å². The molecule has 0 heterocycles. The number of hydrogen-bond acceptors (Lipinski definition) is 4. The second-order valence-electron chi connectivity index (χ2n) is 3.71. The molecule has 0 N–H and O–H groups in total. The molecule has 0 amide bonds. The predicted molar refractivity (Wildman–Crippen MR) is 75.0 cm³/mol. The van der Waals surface area contributed by atoms with Gasteiger partial charge in [-0.1, -0.05) is 26.3 Å². The topological polar surface area (TPSA) is 68.3 Å². The van der Waals surface area contributed by atoms with Crippen LogP contribution in [0.2, 0.25) is 0 Å². The molecule has 0 spiro atoms. The van der Waals surface area contributed by atoms with Gasteiger partial charge in [0, 0.05) is 20.6 Å². The Hall–Kier alpha value is -1.14. The highest BCUT2D eigenvalue weighted by Gasteiger charge is 2.12. The van der Waals surface area contributed by atoms with Crippen molar-refractivity contribution in [3.8, 4) is 0 Å². The molecule has 0 aliphatic rings. The Morgan fingerprint density at radius 3 is 1.28 bits per heavy atom. The van der Waals surface area contributed by atoms with Crippen LogP contribution in [0.25, 0.3) is 0 Å². The zero-order valence-electron chi connectivity index (χ0n) is 10.3. The van der Waals surface area contributed by atoms with Crippen molar-refractivity contribution in [1.29, 1.82) is 0 Å². The Morgan fingerprint density at radius 1 is 0.778 bits per heavy atom. The van der Waals surface area contributed by atoms with Crippen LogP contribution in [0.15, 0.2) is 46.9 Å². The van der Waals surface area contributed by atoms with E-state index in [1.54, 1.807) is 0 Å². The third-order valence-corrected chi connectivity index (χ3v) is 5.30. The first-order valence-corrected chi connectivity index (χ1v) is 8.37. The first kappa shape index (κ1) is 16.9. The SMILES string of the molecule is C=CS(=O)(=O)C(=C)CCCCC(=C)S(=O)(=O)C=C. The minimum Gasteiger partial charge on any atom is -0.220 e. The smallest absolute Gasteiger partial charge is 0.194 e. The summed E-state index contributed by atoms with van der Waals surface area (Å²) in [4.78, 5) is 0.185. The maximum Gasteiger partial charge on any atom is 0.194 e. The first-order valence-electron chi connectivity index (χ1n) is 5.28. The molecule has 0 aromatic carbocycles. The van der Waals surface area contributed by atoms with E-state index in [2.05, 4.69) is 26.3 Å². The molecule has 0 aromatic rings. The van der Waals surface area contributed by atoms with Gasteiger partial charge in [-0.3, -0.25) is 0 Å². The predicted octanol–water partition coefficient (Wildman–Crippen LogP) is 2.69. The summed E-state index contributed by atoms with van der Waals surface area (Å²) in [6, 6.07) is 0. The number of rotatable bonds is 9. The molecular formula is C12H18O4S2. The second kappa shape index (κ2) is 6.70. The summed E-state index contributed by atoms with van der Waals surface area (Å²) in [6.07, 6.45) is 1.63. The van der Waals surface area contributed by atoms with Crippen molar-refractivity contribution in [2.24, 2.45) is 0 Å². The van der Waals surface area contributed by atoms with Crippen LogP contribution in [0.1, 0.15) is 25.7 Å². The fourth-order valence-corrected chi connectivity index (χ4v) is 2.49. The maximum absolute atomic E-state index is 11.3. The molecule has 0 aromatic heterocycles. The Labute approximate surface area is 109 Å². The summed E-state index contributed by atoms with van der Waals surface area (Å²) < 4.78 is 45.2. The van der Waals surface area contributed by atoms with Gasteiger partial charge in [-0.05, 0) is 25.7 Å². The molecule has 0 saturated heterocycles. The zero-order chi connectivity index (χ0) is 14.4. The standard InChI is InChI=1S/C12H18O4S2/c1-5-17(13,14)11(3)9-7-8-10-12(4)18(15,16)6-2/h5-6H,1-4,7-10H2. The molecule has 6 heteroatoms. The van der Waals surface area contributed by atoms with Gasteiger partial charge in [0.1, 0.15) is 0 Å². The minimum absolute atomic E-state index is 0.0923. The lowest BCUT2D eigenvalue weighted by molar-refractivity contribution is 0.602. The summed E-state index contributed by atoms with van der Waals surface area (Å²) in [5.74, 6) is 0. The molecule has 4 nitrogen and oxygen atoms in total. The van der Waals surface area contributed by atoms with E-state index in [4.69, 9.17) is 0 Å². The van der Waals surface area contributed by atoms with Crippen molar-refractivity contribution < 1.29 is 16.8 Å². The van der Waals surface area contributed by atoms with Gasteiger partial charge in [-0.25, -0.2) is 16.8 Å². The van der Waals surface area contributed by atoms with Gasteiger partial charge in [0.2, 0.25) is 0 Å². The van der Waals surface area contributed by atoms with Crippen molar-refractivity contribution in [2.75, 3.05) is 0 Å². The van der Waals surface area contributed by atoms with Gasteiger partial charge in [0.15, 0.2) is 19.7 Å². The molecule has 0 aliphatic heterocycles. The van der Waals surface area contributed by atoms with E-state index in [-0.39, 0.29) is 22.7 Å². The summed E-state index contributed by atoms with van der Waals surface area (Å²) in [6.45, 7) is 13.3. The highest BCUT2D eigenvalue weighted by atomic mass is 32.2. The molecule has 0 atom stereocenters. The number of allylic oxidation sites excluding steroid dienone is 2. The molecule has 0 radical (unpaired) electrons. The van der Waals surface area contributed by atoms with Crippen molar-refractivity contribution in [2.45, 2.75) is 25.7 Å². The Balaban J connectivity index is 4.19. The summed E-state index contributed by atoms with van der Waals surface area (Å²) >= 11 is 0. The van der Waals surface area contributed by atoms with Crippen LogP contribution in [0.3, 0.4) is 0 Å². The fourth-order valence-electron chi connectivity index (χ4n) is 1.16. The zero-order valence-corrected chi connectivity index (χ0v) is 11.9. The molecule has 0 bridgehead atoms. The van der Waals surface area contributed by atoms with Crippen molar-refractivity contribution in [3.05, 3.63) is 46.9 Å². The molecule has 0 aliphatic carbocycles. The van der Waals surface area contributed by atoms with E-state index < -0.39 is 19.7 Å². The number of hydrogen-bond donors (Lipinski definition) is 0. The largest absolute Gasteiger partial charge is 0.220 e. The van der Waals surface area contributed by atoms with E-state index >= 15 is 0 Å². The van der Waals surface area contributed by atoms with E-state index in [0.29, 0.717) is 12.8 Å². The average Bonchev–Trinajstić information content (AvgIpc) is 2.33. The van der Waals surface area contributed by atoms with Gasteiger partial charge in [0.25, 0.3) is 0 Å². The van der Waals surface area contributed by atoms with Crippen LogP contribution in [0, 0.1) is 0 Å². The van der Waals surface area contributed by atoms with Crippen molar-refractivity contribution in [1.82, 2.24) is 0 Å². The maximum atomic E-state index is 11.3. The highest BCUT2D eigenvalue weighted by Crippen LogP contribution is 2.18. The van der Waals surface area contributed by atoms with Crippen LogP contribution in [-0.2, 0) is 19.7 Å². The van der Waals surface area contributed by atoms with Crippen LogP contribution >= 0.6 is 0 Å². The van der Waals surface area contributed by atoms with Gasteiger partial charge >= 0.3 is 0 Å². The van der Waals surface area contributed by atoms with Crippen LogP contribution in [0.5, 0.6) is 0 Å². The third kappa shape index (κ3) is 5.01. The molecule has 0 rings (SSSR count). The van der Waals surface area contributed by atoms with Crippen LogP contribution < -0.4 is 0 Å². The Bertz CT molecular complexity index is 499. The first-order chi connectivity index (χ1) is 8.17. The van der Waals surface area contributed by atoms with E-state index in [1.807, 2.05) is 0 Å². The molecule has 0 unspecified atom stereocenters. The monoisotopic (exact) mass is 290 g/mol. The minimum atomic E-state index is -3.42. The fraction of sp³-hybridized carbons (Fsp3) is 0.333. The quantitative estimate of drug-likeness (QED) is 0.612. The van der Waals surface area contributed by atoms with Gasteiger partial charge in [-0.15, -0.1) is 0 Å². The lowest BCUT2D eigenvalue weighted by Gasteiger charge is -2.05. The molecule has 18 heavy (non-hydrogen) atoms. The number of unbranched alkanes of at least 4 members (excludes halogenated alkanes) is 1. The van der Waals surface area contributed by atoms with Crippen LogP contribution in [0.4, 0.5) is 0 Å². The highest BCUT2D eigenvalue weighted by molar-refractivity contribution is 7.98. The third-order valence-electron chi connectivity index (χ3n) is 2.40. The lowest BCUT2D eigenvalue weighted by Crippen LogP contribution is -2.00. The van der Waals surface area contributed by atoms with E-state index in [1.165, 1.54) is 0 Å². The van der Waals surface area contributed by atoms with Crippen molar-refractivity contribution in [3.63, 3.8) is 0 Å². The normalized spacial score (nSPS) is 11.8.